The van der Waals surface area contributed by atoms with E-state index in [1.54, 1.807) is 26.0 Å². The number of anilines is 1. The molecule has 2 rings (SSSR count). The highest BCUT2D eigenvalue weighted by molar-refractivity contribution is 6.12. The Hall–Kier alpha value is -4.60. The summed E-state index contributed by atoms with van der Waals surface area (Å²) in [6, 6.07) is 4.53. The molecule has 0 radical (unpaired) electrons. The summed E-state index contributed by atoms with van der Waals surface area (Å²) in [5.41, 5.74) is 5.39. The van der Waals surface area contributed by atoms with Crippen LogP contribution in [0.4, 0.5) is 5.69 Å². The van der Waals surface area contributed by atoms with Gasteiger partial charge < -0.3 is 35.7 Å². The fourth-order valence-electron chi connectivity index (χ4n) is 5.16. The molecule has 1 aromatic rings. The largest absolute Gasteiger partial charge is 0.506 e. The minimum absolute atomic E-state index is 0.0564. The third-order valence-electron chi connectivity index (χ3n) is 8.06. The second-order valence-electron chi connectivity index (χ2n) is 12.6. The number of carbonyl (C=O) groups excluding carboxylic acids is 8. The van der Waals surface area contributed by atoms with Gasteiger partial charge in [0.1, 0.15) is 11.5 Å². The van der Waals surface area contributed by atoms with Gasteiger partial charge in [-0.25, -0.2) is 0 Å². The van der Waals surface area contributed by atoms with Gasteiger partial charge >= 0.3 is 6.15 Å². The van der Waals surface area contributed by atoms with Crippen molar-refractivity contribution in [1.82, 2.24) is 10.2 Å². The molecule has 0 unspecified atom stereocenters. The Morgan fingerprint density at radius 2 is 1.47 bits per heavy atom. The lowest BCUT2D eigenvalue weighted by Crippen LogP contribution is -2.61. The number of imide groups is 1. The predicted octanol–water partition coefficient (Wildman–Crippen LogP) is 1.29. The summed E-state index contributed by atoms with van der Waals surface area (Å²) in [6.45, 7) is 7.40. The molecular formula is C37H55N4O12+. The average Bonchev–Trinajstić information content (AvgIpc) is 3.42. The van der Waals surface area contributed by atoms with E-state index in [4.69, 9.17) is 23.8 Å². The van der Waals surface area contributed by atoms with Crippen LogP contribution in [-0.2, 0) is 59.0 Å². The van der Waals surface area contributed by atoms with Gasteiger partial charge in [0.15, 0.2) is 5.78 Å². The van der Waals surface area contributed by atoms with Gasteiger partial charge in [-0.05, 0) is 43.9 Å². The standard InChI is InChI=1S/C36H54N4O10.CO2/c1-4-7-28(37)23-27-10-11-31(42)30(24-27)39-36(47)25(2)22-32(43)26(3)38-33(44)14-17-49-19-21-50-20-18-48-16-6-9-29(41)8-5-15-40-34(45)12-13-35(40)46;2-1-3/h10-13,24-26,28,42H,4-9,14-23,37H2,1-3H3,(H,38,44)(H,39,47);/p+1/t25-,26+,28-;/m1./s1. The van der Waals surface area contributed by atoms with Crippen molar-refractivity contribution >= 4 is 47.0 Å². The van der Waals surface area contributed by atoms with Crippen molar-refractivity contribution in [1.29, 1.82) is 0 Å². The number of hydrogen-bond acceptors (Lipinski definition) is 12. The van der Waals surface area contributed by atoms with E-state index in [1.807, 2.05) is 0 Å². The number of amides is 4. The number of rotatable bonds is 27. The van der Waals surface area contributed by atoms with Crippen molar-refractivity contribution in [2.75, 3.05) is 51.5 Å². The summed E-state index contributed by atoms with van der Waals surface area (Å²) in [5, 5.41) is 15.6. The number of phenols is 1. The minimum atomic E-state index is -0.778. The van der Waals surface area contributed by atoms with Crippen molar-refractivity contribution in [2.45, 2.75) is 90.6 Å². The lowest BCUT2D eigenvalue weighted by Gasteiger charge is -2.17. The maximum Gasteiger partial charge on any atom is 0.373 e. The first kappa shape index (κ1) is 46.4. The second-order valence-corrected chi connectivity index (χ2v) is 12.6. The molecule has 53 heavy (non-hydrogen) atoms. The van der Waals surface area contributed by atoms with Crippen molar-refractivity contribution in [3.63, 3.8) is 0 Å². The van der Waals surface area contributed by atoms with Crippen LogP contribution in [0.2, 0.25) is 0 Å². The Labute approximate surface area is 310 Å². The van der Waals surface area contributed by atoms with Crippen molar-refractivity contribution in [3.8, 4) is 5.75 Å². The molecule has 16 nitrogen and oxygen atoms in total. The van der Waals surface area contributed by atoms with E-state index in [9.17, 15) is 33.9 Å². The van der Waals surface area contributed by atoms with Gasteiger partial charge in [0.25, 0.3) is 11.8 Å². The summed E-state index contributed by atoms with van der Waals surface area (Å²) in [4.78, 5) is 90.1. The third-order valence-corrected chi connectivity index (χ3v) is 8.06. The Bertz CT molecular complexity index is 1390. The molecule has 0 aliphatic carbocycles. The number of hydrogen-bond donors (Lipinski definition) is 4. The molecule has 0 fully saturated rings. The highest BCUT2D eigenvalue weighted by Gasteiger charge is 2.24. The van der Waals surface area contributed by atoms with E-state index in [0.717, 1.165) is 29.7 Å². The van der Waals surface area contributed by atoms with Crippen LogP contribution in [0.3, 0.4) is 0 Å². The highest BCUT2D eigenvalue weighted by Crippen LogP contribution is 2.26. The first-order valence-corrected chi connectivity index (χ1v) is 17.9. The van der Waals surface area contributed by atoms with Crippen molar-refractivity contribution in [2.24, 2.45) is 5.92 Å². The molecule has 1 aliphatic rings. The van der Waals surface area contributed by atoms with Crippen LogP contribution in [-0.4, -0.2) is 110 Å². The Morgan fingerprint density at radius 3 is 2.09 bits per heavy atom. The number of ether oxygens (including phenoxy) is 3. The molecule has 3 atom stereocenters. The molecular weight excluding hydrogens is 692 g/mol. The zero-order valence-electron chi connectivity index (χ0n) is 31.0. The summed E-state index contributed by atoms with van der Waals surface area (Å²) in [5.74, 6) is -2.40. The summed E-state index contributed by atoms with van der Waals surface area (Å²) >= 11 is 0. The number of carbonyl (C=O) groups is 6. The average molecular weight is 748 g/mol. The van der Waals surface area contributed by atoms with Crippen LogP contribution in [0.5, 0.6) is 5.75 Å². The van der Waals surface area contributed by atoms with Gasteiger partial charge in [-0.15, -0.1) is 0 Å². The highest BCUT2D eigenvalue weighted by atomic mass is 16.5. The molecule has 0 bridgehead atoms. The number of nitrogens with zero attached hydrogens (tertiary/aromatic N) is 1. The first-order valence-electron chi connectivity index (χ1n) is 17.9. The third kappa shape index (κ3) is 20.3. The van der Waals surface area contributed by atoms with E-state index in [-0.39, 0.29) is 85.5 Å². The van der Waals surface area contributed by atoms with Gasteiger partial charge in [-0.1, -0.05) is 26.3 Å². The monoisotopic (exact) mass is 747 g/mol. The van der Waals surface area contributed by atoms with Gasteiger partial charge in [0.05, 0.1) is 50.8 Å². The molecule has 1 aliphatic heterocycles. The molecule has 0 aromatic heterocycles. The van der Waals surface area contributed by atoms with Crippen LogP contribution < -0.4 is 16.4 Å². The normalized spacial score (nSPS) is 13.8. The maximum absolute atomic E-state index is 12.8. The van der Waals surface area contributed by atoms with E-state index in [2.05, 4.69) is 23.3 Å². The van der Waals surface area contributed by atoms with Gasteiger partial charge in [-0.2, -0.15) is 9.59 Å². The second kappa shape index (κ2) is 27.1. The van der Waals surface area contributed by atoms with E-state index in [1.165, 1.54) is 18.2 Å². The lowest BCUT2D eigenvalue weighted by atomic mass is 9.99. The maximum atomic E-state index is 12.8. The molecule has 1 aromatic carbocycles. The lowest BCUT2D eigenvalue weighted by molar-refractivity contribution is -0.420. The van der Waals surface area contributed by atoms with Crippen molar-refractivity contribution < 1.29 is 63.4 Å². The van der Waals surface area contributed by atoms with E-state index in [0.29, 0.717) is 52.1 Å². The Balaban J connectivity index is 0.00000452. The molecule has 0 spiro atoms. The topological polar surface area (TPSA) is 239 Å². The summed E-state index contributed by atoms with van der Waals surface area (Å²) < 4.78 is 16.3. The fourth-order valence-corrected chi connectivity index (χ4v) is 5.16. The number of benzene rings is 1. The molecule has 294 valence electrons. The van der Waals surface area contributed by atoms with Gasteiger partial charge in [0, 0.05) is 63.3 Å². The molecule has 0 saturated heterocycles. The first-order chi connectivity index (χ1) is 25.3. The zero-order valence-corrected chi connectivity index (χ0v) is 31.0. The Kier molecular flexibility index (Phi) is 23.7. The number of nitrogens with one attached hydrogen (secondary N) is 2. The van der Waals surface area contributed by atoms with E-state index >= 15 is 0 Å². The summed E-state index contributed by atoms with van der Waals surface area (Å²) in [7, 11) is 0. The number of phenolic OH excluding ortho intramolecular Hbond substituents is 1. The number of aromatic hydroxyl groups is 1. The van der Waals surface area contributed by atoms with Crippen LogP contribution in [0, 0.1) is 5.92 Å². The molecule has 16 heteroatoms. The summed E-state index contributed by atoms with van der Waals surface area (Å²) in [6.07, 6.45) is 7.10. The number of Topliss-reactive ketones (excluding diaryl/α,β-unsaturated/α-hetero) is 2. The SMILES string of the molecule is CCC[C@@H]([NH3+])Cc1ccc(O)c(NC(=O)[C@H](C)CC(=O)[C@H](C)NC(=O)CCOCCOCCOCCCC(=O)CCCN2C(=O)C=CC2=O)c1.O=C=O. The van der Waals surface area contributed by atoms with Crippen LogP contribution in [0.25, 0.3) is 0 Å². The molecule has 4 amide bonds. The number of quaternary nitrogens is 1. The zero-order chi connectivity index (χ0) is 39.6. The van der Waals surface area contributed by atoms with Crippen molar-refractivity contribution in [3.05, 3.63) is 35.9 Å². The van der Waals surface area contributed by atoms with Crippen LogP contribution in [0.15, 0.2) is 30.4 Å². The minimum Gasteiger partial charge on any atom is -0.506 e. The Morgan fingerprint density at radius 1 is 0.887 bits per heavy atom. The quantitative estimate of drug-likeness (QED) is 0.0566. The molecule has 1 heterocycles. The van der Waals surface area contributed by atoms with E-state index < -0.39 is 17.9 Å². The molecule has 6 N–H and O–H groups in total. The van der Waals surface area contributed by atoms with Gasteiger partial charge in [0.2, 0.25) is 11.8 Å². The number of ketones is 2. The molecule has 0 saturated carbocycles. The fraction of sp³-hybridized carbons (Fsp3) is 0.595. The predicted molar refractivity (Wildman–Crippen MR) is 190 cm³/mol. The van der Waals surface area contributed by atoms with Crippen LogP contribution in [0.1, 0.15) is 77.7 Å². The smallest absolute Gasteiger partial charge is 0.373 e. The van der Waals surface area contributed by atoms with Gasteiger partial charge in [-0.3, -0.25) is 33.7 Å². The van der Waals surface area contributed by atoms with Crippen LogP contribution >= 0.6 is 0 Å².